The molecule has 0 radical (unpaired) electrons. The van der Waals surface area contributed by atoms with Crippen molar-refractivity contribution in [1.29, 1.82) is 0 Å². The Bertz CT molecular complexity index is 312. The third-order valence-corrected chi connectivity index (χ3v) is 2.61. The first kappa shape index (κ1) is 15.4. The summed E-state index contributed by atoms with van der Waals surface area (Å²) >= 11 is 0. The molecule has 4 N–H and O–H groups in total. The van der Waals surface area contributed by atoms with Gasteiger partial charge in [-0.05, 0) is 13.3 Å². The van der Waals surface area contributed by atoms with E-state index in [1.165, 1.54) is 14.0 Å². The summed E-state index contributed by atoms with van der Waals surface area (Å²) in [4.78, 5) is 33.2. The molecule has 2 amide bonds. The zero-order chi connectivity index (χ0) is 13.6. The van der Waals surface area contributed by atoms with Crippen LogP contribution in [0.3, 0.4) is 0 Å². The van der Waals surface area contributed by atoms with Gasteiger partial charge in [-0.25, -0.2) is 4.79 Å². The molecule has 98 valence electrons. The summed E-state index contributed by atoms with van der Waals surface area (Å²) in [5, 5.41) is 11.0. The van der Waals surface area contributed by atoms with E-state index >= 15 is 0 Å². The molecule has 0 aromatic rings. The van der Waals surface area contributed by atoms with Crippen LogP contribution in [0.4, 0.5) is 0 Å². The van der Waals surface area contributed by atoms with Crippen molar-refractivity contribution in [3.63, 3.8) is 0 Å². The van der Waals surface area contributed by atoms with Crippen LogP contribution in [0, 0.1) is 0 Å². The lowest BCUT2D eigenvalue weighted by molar-refractivity contribution is -0.149. The Hall–Kier alpha value is -1.63. The summed E-state index contributed by atoms with van der Waals surface area (Å²) in [5.41, 5.74) is 3.78. The number of carboxylic acids is 1. The maximum absolute atomic E-state index is 11.8. The molecular weight excluding hydrogens is 228 g/mol. The molecule has 7 nitrogen and oxygen atoms in total. The molecule has 7 heteroatoms. The molecule has 0 saturated carbocycles. The van der Waals surface area contributed by atoms with Crippen LogP contribution in [0.2, 0.25) is 0 Å². The van der Waals surface area contributed by atoms with E-state index in [1.807, 2.05) is 0 Å². The number of rotatable bonds is 7. The van der Waals surface area contributed by atoms with Crippen LogP contribution in [-0.2, 0) is 19.1 Å². The third kappa shape index (κ3) is 4.39. The Balaban J connectivity index is 4.71. The minimum absolute atomic E-state index is 0.373. The minimum Gasteiger partial charge on any atom is -0.480 e. The van der Waals surface area contributed by atoms with E-state index in [2.05, 4.69) is 5.32 Å². The van der Waals surface area contributed by atoms with Crippen LogP contribution in [0.5, 0.6) is 0 Å². The van der Waals surface area contributed by atoms with Gasteiger partial charge in [0.1, 0.15) is 11.6 Å². The van der Waals surface area contributed by atoms with Gasteiger partial charge in [-0.3, -0.25) is 9.59 Å². The van der Waals surface area contributed by atoms with Crippen LogP contribution < -0.4 is 11.1 Å². The lowest BCUT2D eigenvalue weighted by Gasteiger charge is -2.26. The molecule has 0 aliphatic rings. The number of carboxylic acid groups (broad SMARTS) is 1. The van der Waals surface area contributed by atoms with Gasteiger partial charge in [-0.15, -0.1) is 0 Å². The highest BCUT2D eigenvalue weighted by atomic mass is 16.5. The number of nitrogens with two attached hydrogens (primary N) is 1. The second-order valence-corrected chi connectivity index (χ2v) is 3.82. The number of carbonyl (C=O) groups is 3. The second-order valence-electron chi connectivity index (χ2n) is 3.82. The standard InChI is InChI=1S/C10H18N2O5/c1-4-10(2,17-3)9(16)12-6(8(14)15)5-7(11)13/h6H,4-5H2,1-3H3,(H2,11,13)(H,12,16)(H,14,15)/t6-,10?/m1/s1. The van der Waals surface area contributed by atoms with Crippen molar-refractivity contribution in [2.75, 3.05) is 7.11 Å². The summed E-state index contributed by atoms with van der Waals surface area (Å²) in [6, 6.07) is -1.33. The van der Waals surface area contributed by atoms with Gasteiger partial charge in [0.15, 0.2) is 0 Å². The van der Waals surface area contributed by atoms with Crippen LogP contribution in [0.25, 0.3) is 0 Å². The summed E-state index contributed by atoms with van der Waals surface area (Å²) < 4.78 is 5.01. The predicted octanol–water partition coefficient (Wildman–Crippen LogP) is -0.754. The highest BCUT2D eigenvalue weighted by Gasteiger charge is 2.34. The van der Waals surface area contributed by atoms with Gasteiger partial charge in [0, 0.05) is 7.11 Å². The van der Waals surface area contributed by atoms with Gasteiger partial charge in [0.2, 0.25) is 5.91 Å². The Labute approximate surface area is 99.3 Å². The van der Waals surface area contributed by atoms with Crippen LogP contribution >= 0.6 is 0 Å². The fourth-order valence-corrected chi connectivity index (χ4v) is 1.11. The van der Waals surface area contributed by atoms with E-state index in [1.54, 1.807) is 6.92 Å². The second kappa shape index (κ2) is 6.19. The van der Waals surface area contributed by atoms with E-state index in [-0.39, 0.29) is 0 Å². The number of nitrogens with one attached hydrogen (secondary N) is 1. The zero-order valence-corrected chi connectivity index (χ0v) is 10.1. The van der Waals surface area contributed by atoms with E-state index in [0.717, 1.165) is 0 Å². The Kier molecular flexibility index (Phi) is 5.60. The van der Waals surface area contributed by atoms with Crippen molar-refractivity contribution >= 4 is 17.8 Å². The number of carbonyl (C=O) groups excluding carboxylic acids is 2. The van der Waals surface area contributed by atoms with Crippen molar-refractivity contribution in [2.45, 2.75) is 38.3 Å². The molecule has 0 aromatic carbocycles. The van der Waals surface area contributed by atoms with E-state index in [0.29, 0.717) is 6.42 Å². The normalized spacial score (nSPS) is 15.7. The van der Waals surface area contributed by atoms with Gasteiger partial charge in [-0.1, -0.05) is 6.92 Å². The number of primary amides is 1. The third-order valence-electron chi connectivity index (χ3n) is 2.61. The topological polar surface area (TPSA) is 119 Å². The Morgan fingerprint density at radius 1 is 1.47 bits per heavy atom. The first-order chi connectivity index (χ1) is 7.76. The molecule has 0 bridgehead atoms. The van der Waals surface area contributed by atoms with Crippen molar-refractivity contribution in [2.24, 2.45) is 5.73 Å². The molecule has 2 atom stereocenters. The summed E-state index contributed by atoms with van der Waals surface area (Å²) in [5.74, 6) is -2.70. The Morgan fingerprint density at radius 2 is 2.00 bits per heavy atom. The molecule has 0 saturated heterocycles. The SMILES string of the molecule is CCC(C)(OC)C(=O)N[C@H](CC(N)=O)C(=O)O. The number of aliphatic carboxylic acids is 1. The smallest absolute Gasteiger partial charge is 0.326 e. The minimum atomic E-state index is -1.33. The number of amides is 2. The molecule has 0 spiro atoms. The van der Waals surface area contributed by atoms with E-state index in [9.17, 15) is 14.4 Å². The van der Waals surface area contributed by atoms with Gasteiger partial charge in [0.05, 0.1) is 6.42 Å². The van der Waals surface area contributed by atoms with E-state index < -0.39 is 35.8 Å². The summed E-state index contributed by atoms with van der Waals surface area (Å²) in [6.07, 6.45) is -0.0805. The number of ether oxygens (including phenoxy) is 1. The summed E-state index contributed by atoms with van der Waals surface area (Å²) in [6.45, 7) is 3.26. The maximum atomic E-state index is 11.8. The maximum Gasteiger partial charge on any atom is 0.326 e. The lowest BCUT2D eigenvalue weighted by Crippen LogP contribution is -2.52. The van der Waals surface area contributed by atoms with Crippen molar-refractivity contribution in [1.82, 2.24) is 5.32 Å². The lowest BCUT2D eigenvalue weighted by atomic mass is 10.0. The highest BCUT2D eigenvalue weighted by molar-refractivity contribution is 5.91. The van der Waals surface area contributed by atoms with E-state index in [4.69, 9.17) is 15.6 Å². The fourth-order valence-electron chi connectivity index (χ4n) is 1.11. The molecule has 1 unspecified atom stereocenters. The van der Waals surface area contributed by atoms with Gasteiger partial charge < -0.3 is 20.9 Å². The van der Waals surface area contributed by atoms with Gasteiger partial charge >= 0.3 is 5.97 Å². The molecule has 0 aromatic heterocycles. The van der Waals surface area contributed by atoms with Crippen LogP contribution in [-0.4, -0.2) is 41.6 Å². The first-order valence-corrected chi connectivity index (χ1v) is 5.14. The molecule has 0 aliphatic carbocycles. The van der Waals surface area contributed by atoms with Crippen molar-refractivity contribution in [3.05, 3.63) is 0 Å². The monoisotopic (exact) mass is 246 g/mol. The van der Waals surface area contributed by atoms with Crippen molar-refractivity contribution in [3.8, 4) is 0 Å². The molecule has 0 heterocycles. The first-order valence-electron chi connectivity index (χ1n) is 5.14. The average molecular weight is 246 g/mol. The van der Waals surface area contributed by atoms with Crippen molar-refractivity contribution < 1.29 is 24.2 Å². The molecule has 0 fully saturated rings. The largest absolute Gasteiger partial charge is 0.480 e. The fraction of sp³-hybridized carbons (Fsp3) is 0.700. The molecular formula is C10H18N2O5. The Morgan fingerprint density at radius 3 is 2.29 bits per heavy atom. The number of hydrogen-bond acceptors (Lipinski definition) is 4. The molecule has 17 heavy (non-hydrogen) atoms. The molecule has 0 aliphatic heterocycles. The molecule has 0 rings (SSSR count). The van der Waals surface area contributed by atoms with Crippen LogP contribution in [0.15, 0.2) is 0 Å². The van der Waals surface area contributed by atoms with Gasteiger partial charge in [-0.2, -0.15) is 0 Å². The zero-order valence-electron chi connectivity index (χ0n) is 10.1. The number of methoxy groups -OCH3 is 1. The highest BCUT2D eigenvalue weighted by Crippen LogP contribution is 2.14. The van der Waals surface area contributed by atoms with Crippen LogP contribution in [0.1, 0.15) is 26.7 Å². The quantitative estimate of drug-likeness (QED) is 0.546. The summed E-state index contributed by atoms with van der Waals surface area (Å²) in [7, 11) is 1.35. The predicted molar refractivity (Wildman–Crippen MR) is 59.1 cm³/mol. The number of hydrogen-bond donors (Lipinski definition) is 3. The van der Waals surface area contributed by atoms with Gasteiger partial charge in [0.25, 0.3) is 5.91 Å². The average Bonchev–Trinajstić information content (AvgIpc) is 2.26.